The summed E-state index contributed by atoms with van der Waals surface area (Å²) >= 11 is 3.33. The average molecular weight is 634 g/mol. The Kier molecular flexibility index (Phi) is 6.69. The van der Waals surface area contributed by atoms with E-state index in [9.17, 15) is 19.5 Å². The molecule has 42 heavy (non-hydrogen) atoms. The first-order valence-corrected chi connectivity index (χ1v) is 14.3. The lowest BCUT2D eigenvalue weighted by Gasteiger charge is -2.28. The molecule has 1 saturated heterocycles. The number of hydrogen-bond donors (Lipinski definition) is 2. The molecule has 1 aliphatic heterocycles. The predicted molar refractivity (Wildman–Crippen MR) is 156 cm³/mol. The monoisotopic (exact) mass is 632 g/mol. The van der Waals surface area contributed by atoms with Crippen LogP contribution in [0.15, 0.2) is 35.2 Å². The molecular formula is C29H29BrN8O4. The van der Waals surface area contributed by atoms with Gasteiger partial charge < -0.3 is 15.3 Å². The smallest absolute Gasteiger partial charge is 0.248 e. The van der Waals surface area contributed by atoms with Crippen LogP contribution in [-0.2, 0) is 16.1 Å². The first kappa shape index (κ1) is 28.0. The highest BCUT2D eigenvalue weighted by Crippen LogP contribution is 2.59. The van der Waals surface area contributed by atoms with E-state index < -0.39 is 29.5 Å². The van der Waals surface area contributed by atoms with Crippen LogP contribution in [-0.4, -0.2) is 75.5 Å². The maximum absolute atomic E-state index is 13.9. The van der Waals surface area contributed by atoms with Gasteiger partial charge in [-0.1, -0.05) is 13.0 Å². The Bertz CT molecular complexity index is 1790. The minimum atomic E-state index is -0.808. The van der Waals surface area contributed by atoms with Crippen LogP contribution in [0.25, 0.3) is 22.2 Å². The molecule has 2 fully saturated rings. The van der Waals surface area contributed by atoms with E-state index in [4.69, 9.17) is 4.98 Å². The fourth-order valence-electron chi connectivity index (χ4n) is 5.97. The number of aryl methyl sites for hydroxylation is 3. The second-order valence-electron chi connectivity index (χ2n) is 11.3. The molecule has 13 heteroatoms. The molecule has 0 radical (unpaired) electrons. The van der Waals surface area contributed by atoms with Gasteiger partial charge >= 0.3 is 0 Å². The number of nitrogens with one attached hydrogen (secondary N) is 1. The topological polar surface area (TPSA) is 156 Å². The summed E-state index contributed by atoms with van der Waals surface area (Å²) in [6, 6.07) is 4.05. The van der Waals surface area contributed by atoms with E-state index in [1.807, 2.05) is 19.9 Å². The molecule has 2 N–H and O–H groups in total. The van der Waals surface area contributed by atoms with Crippen LogP contribution in [0.3, 0.4) is 0 Å². The Morgan fingerprint density at radius 3 is 2.55 bits per heavy atom. The fourth-order valence-corrected chi connectivity index (χ4v) is 6.28. The quantitative estimate of drug-likeness (QED) is 0.241. The first-order chi connectivity index (χ1) is 19.9. The van der Waals surface area contributed by atoms with E-state index in [0.717, 1.165) is 5.56 Å². The van der Waals surface area contributed by atoms with Crippen molar-refractivity contribution in [3.8, 4) is 11.3 Å². The molecule has 12 nitrogen and oxygen atoms in total. The molecular weight excluding hydrogens is 604 g/mol. The third-order valence-corrected chi connectivity index (χ3v) is 8.74. The SMILES string of the molecule is CC(=O)c1nn(CC(=O)N2[C@H](C(=O)Nc3nc(Br)ccc3C)C[C@@]3(C)[C@H](O)[C@@H]23)c2c(C)nc(-c3cnc(C)nc3)cc12. The van der Waals surface area contributed by atoms with Crippen molar-refractivity contribution in [2.75, 3.05) is 5.32 Å². The van der Waals surface area contributed by atoms with Crippen LogP contribution in [0.4, 0.5) is 5.82 Å². The zero-order chi connectivity index (χ0) is 30.1. The van der Waals surface area contributed by atoms with Gasteiger partial charge in [-0.25, -0.2) is 15.0 Å². The van der Waals surface area contributed by atoms with Crippen molar-refractivity contribution in [3.05, 3.63) is 58.0 Å². The number of halogens is 1. The number of pyridine rings is 2. The zero-order valence-corrected chi connectivity index (χ0v) is 25.3. The molecule has 0 unspecified atom stereocenters. The van der Waals surface area contributed by atoms with E-state index in [1.165, 1.54) is 16.5 Å². The number of aliphatic hydroxyl groups excluding tert-OH is 1. The molecule has 2 amide bonds. The number of rotatable bonds is 6. The van der Waals surface area contributed by atoms with Gasteiger partial charge in [0, 0.05) is 35.7 Å². The molecule has 4 aromatic heterocycles. The molecule has 216 valence electrons. The maximum Gasteiger partial charge on any atom is 0.248 e. The van der Waals surface area contributed by atoms with Crippen LogP contribution < -0.4 is 5.32 Å². The molecule has 0 bridgehead atoms. The zero-order valence-electron chi connectivity index (χ0n) is 23.7. The number of likely N-dealkylation sites (tertiary alicyclic amines) is 1. The lowest BCUT2D eigenvalue weighted by atomic mass is 10.0. The van der Waals surface area contributed by atoms with Gasteiger partial charge in [-0.05, 0) is 60.8 Å². The summed E-state index contributed by atoms with van der Waals surface area (Å²) in [7, 11) is 0. The van der Waals surface area contributed by atoms with Crippen molar-refractivity contribution in [2.24, 2.45) is 5.41 Å². The molecule has 6 rings (SSSR count). The summed E-state index contributed by atoms with van der Waals surface area (Å²) in [6.45, 7) is 8.46. The van der Waals surface area contributed by atoms with Gasteiger partial charge in [-0.2, -0.15) is 5.10 Å². The standard InChI is InChI=1S/C29H29BrN8O4/c1-13-6-7-21(30)34-27(13)35-28(42)20-9-29(5)25(26(29)41)38(20)22(40)12-37-24-14(2)33-19(17-10-31-16(4)32-11-17)8-18(24)23(36-37)15(3)39/h6-8,10-11,20,25-26,41H,9,12H2,1-5H3,(H,34,35,42)/t20-,25+,26+,29+/m0/s1. The number of ketones is 1. The maximum atomic E-state index is 13.9. The van der Waals surface area contributed by atoms with Gasteiger partial charge in [-0.15, -0.1) is 0 Å². The minimum Gasteiger partial charge on any atom is -0.390 e. The van der Waals surface area contributed by atoms with Crippen LogP contribution in [0.5, 0.6) is 0 Å². The minimum absolute atomic E-state index is 0.209. The number of anilines is 1. The van der Waals surface area contributed by atoms with Gasteiger partial charge in [-0.3, -0.25) is 24.0 Å². The number of carbonyl (C=O) groups is 3. The van der Waals surface area contributed by atoms with Gasteiger partial charge in [0.2, 0.25) is 11.8 Å². The lowest BCUT2D eigenvalue weighted by Crippen LogP contribution is -2.48. The van der Waals surface area contributed by atoms with Crippen molar-refractivity contribution < 1.29 is 19.5 Å². The number of amides is 2. The van der Waals surface area contributed by atoms with E-state index in [-0.39, 0.29) is 23.9 Å². The number of carbonyl (C=O) groups excluding carboxylic acids is 3. The highest BCUT2D eigenvalue weighted by atomic mass is 79.9. The Hall–Kier alpha value is -4.10. The third kappa shape index (κ3) is 4.56. The largest absolute Gasteiger partial charge is 0.390 e. The van der Waals surface area contributed by atoms with Gasteiger partial charge in [0.15, 0.2) is 5.78 Å². The molecule has 0 aromatic carbocycles. The normalized spacial score (nSPS) is 22.7. The number of aliphatic hydroxyl groups is 1. The molecule has 1 aliphatic carbocycles. The Labute approximate surface area is 249 Å². The first-order valence-electron chi connectivity index (χ1n) is 13.5. The summed E-state index contributed by atoms with van der Waals surface area (Å²) in [4.78, 5) is 59.0. The van der Waals surface area contributed by atoms with E-state index in [0.29, 0.717) is 50.5 Å². The summed E-state index contributed by atoms with van der Waals surface area (Å²) in [5.41, 5.74) is 2.78. The predicted octanol–water partition coefficient (Wildman–Crippen LogP) is 3.16. The van der Waals surface area contributed by atoms with E-state index in [1.54, 1.807) is 38.4 Å². The summed E-state index contributed by atoms with van der Waals surface area (Å²) in [5.74, 6) is -0.0114. The number of aromatic nitrogens is 6. The molecule has 4 aromatic rings. The summed E-state index contributed by atoms with van der Waals surface area (Å²) in [5, 5.41) is 18.6. The van der Waals surface area contributed by atoms with Gasteiger partial charge in [0.1, 0.15) is 34.5 Å². The fraction of sp³-hybridized carbons (Fsp3) is 0.379. The molecule has 1 saturated carbocycles. The number of hydrogen-bond acceptors (Lipinski definition) is 9. The molecule has 0 spiro atoms. The second kappa shape index (κ2) is 10.0. The number of nitrogens with zero attached hydrogens (tertiary/aromatic N) is 7. The van der Waals surface area contributed by atoms with Crippen LogP contribution in [0.2, 0.25) is 0 Å². The van der Waals surface area contributed by atoms with Crippen molar-refractivity contribution in [3.63, 3.8) is 0 Å². The van der Waals surface area contributed by atoms with Crippen molar-refractivity contribution in [1.29, 1.82) is 0 Å². The lowest BCUT2D eigenvalue weighted by molar-refractivity contribution is -0.139. The van der Waals surface area contributed by atoms with E-state index >= 15 is 0 Å². The number of piperidine rings is 1. The molecule has 2 aliphatic rings. The Balaban J connectivity index is 1.33. The van der Waals surface area contributed by atoms with Gasteiger partial charge in [0.25, 0.3) is 0 Å². The van der Waals surface area contributed by atoms with Crippen LogP contribution in [0.1, 0.15) is 47.8 Å². The number of fused-ring (bicyclic) bond motifs is 2. The Morgan fingerprint density at radius 2 is 1.86 bits per heavy atom. The second-order valence-corrected chi connectivity index (χ2v) is 12.1. The summed E-state index contributed by atoms with van der Waals surface area (Å²) in [6.07, 6.45) is 2.91. The van der Waals surface area contributed by atoms with E-state index in [2.05, 4.69) is 41.3 Å². The van der Waals surface area contributed by atoms with Gasteiger partial charge in [0.05, 0.1) is 29.1 Å². The van der Waals surface area contributed by atoms with Crippen molar-refractivity contribution in [1.82, 2.24) is 34.6 Å². The average Bonchev–Trinajstić information content (AvgIpc) is 3.21. The number of Topliss-reactive ketones (excluding diaryl/α,β-unsaturated/α-hetero) is 1. The third-order valence-electron chi connectivity index (χ3n) is 8.30. The highest BCUT2D eigenvalue weighted by molar-refractivity contribution is 9.10. The van der Waals surface area contributed by atoms with Crippen molar-refractivity contribution in [2.45, 2.75) is 65.8 Å². The highest BCUT2D eigenvalue weighted by Gasteiger charge is 2.72. The summed E-state index contributed by atoms with van der Waals surface area (Å²) < 4.78 is 2.04. The van der Waals surface area contributed by atoms with Crippen LogP contribution in [0, 0.1) is 26.2 Å². The molecule has 4 atom stereocenters. The Morgan fingerprint density at radius 1 is 1.14 bits per heavy atom. The van der Waals surface area contributed by atoms with Crippen LogP contribution >= 0.6 is 15.9 Å². The molecule has 5 heterocycles. The van der Waals surface area contributed by atoms with Crippen molar-refractivity contribution >= 4 is 50.2 Å².